The third-order valence-corrected chi connectivity index (χ3v) is 9.89. The van der Waals surface area contributed by atoms with E-state index in [1.54, 1.807) is 34.0 Å². The van der Waals surface area contributed by atoms with E-state index < -0.39 is 0 Å². The van der Waals surface area contributed by atoms with Gasteiger partial charge < -0.3 is 0 Å². The van der Waals surface area contributed by atoms with Gasteiger partial charge in [0.2, 0.25) is 0 Å². The van der Waals surface area contributed by atoms with Gasteiger partial charge in [-0.25, -0.2) is 0 Å². The van der Waals surface area contributed by atoms with Crippen molar-refractivity contribution in [2.75, 3.05) is 0 Å². The lowest BCUT2D eigenvalue weighted by atomic mass is 9.91. The summed E-state index contributed by atoms with van der Waals surface area (Å²) in [6.07, 6.45) is 4.27. The fourth-order valence-electron chi connectivity index (χ4n) is 5.19. The quantitative estimate of drug-likeness (QED) is 0.180. The summed E-state index contributed by atoms with van der Waals surface area (Å²) in [6, 6.07) is 35.4. The Morgan fingerprint density at radius 1 is 0.487 bits per heavy atom. The molecular formula is C36H24S3. The first-order valence-electron chi connectivity index (χ1n) is 13.0. The molecule has 186 valence electrons. The minimum absolute atomic E-state index is 0.949. The van der Waals surface area contributed by atoms with Gasteiger partial charge in [-0.15, -0.1) is 34.0 Å². The van der Waals surface area contributed by atoms with Crippen molar-refractivity contribution in [2.24, 2.45) is 0 Å². The van der Waals surface area contributed by atoms with Gasteiger partial charge in [0.1, 0.15) is 0 Å². The second kappa shape index (κ2) is 10.7. The summed E-state index contributed by atoms with van der Waals surface area (Å²) in [5.74, 6) is 6.71. The average molecular weight is 553 g/mol. The number of allylic oxidation sites excluding steroid dienone is 2. The van der Waals surface area contributed by atoms with Crippen molar-refractivity contribution in [1.82, 2.24) is 0 Å². The van der Waals surface area contributed by atoms with Crippen molar-refractivity contribution >= 4 is 39.6 Å². The van der Waals surface area contributed by atoms with E-state index in [1.807, 2.05) is 0 Å². The van der Waals surface area contributed by atoms with Crippen LogP contribution in [0.3, 0.4) is 0 Å². The average Bonchev–Trinajstić information content (AvgIpc) is 3.79. The van der Waals surface area contributed by atoms with Gasteiger partial charge in [0.15, 0.2) is 0 Å². The number of hydrogen-bond donors (Lipinski definition) is 0. The predicted octanol–water partition coefficient (Wildman–Crippen LogP) is 11.4. The van der Waals surface area contributed by atoms with Gasteiger partial charge in [-0.3, -0.25) is 0 Å². The smallest absolute Gasteiger partial charge is 0.0502 e. The molecule has 3 aromatic carbocycles. The second-order valence-corrected chi connectivity index (χ2v) is 12.2. The Balaban J connectivity index is 1.44. The highest BCUT2D eigenvalue weighted by atomic mass is 32.1. The van der Waals surface area contributed by atoms with Crippen LogP contribution in [0, 0.1) is 11.8 Å². The van der Waals surface area contributed by atoms with E-state index >= 15 is 0 Å². The van der Waals surface area contributed by atoms with Crippen LogP contribution in [0.25, 0.3) is 59.8 Å². The summed E-state index contributed by atoms with van der Waals surface area (Å²) < 4.78 is 0. The summed E-state index contributed by atoms with van der Waals surface area (Å²) in [4.78, 5) is 3.88. The third-order valence-electron chi connectivity index (χ3n) is 7.02. The van der Waals surface area contributed by atoms with Crippen molar-refractivity contribution in [2.45, 2.75) is 12.8 Å². The predicted molar refractivity (Wildman–Crippen MR) is 172 cm³/mol. The molecule has 0 aliphatic heterocycles. The molecule has 0 saturated heterocycles. The van der Waals surface area contributed by atoms with Crippen LogP contribution in [-0.2, 0) is 0 Å². The number of thiophene rings is 3. The highest BCUT2D eigenvalue weighted by molar-refractivity contribution is 7.14. The van der Waals surface area contributed by atoms with Crippen molar-refractivity contribution < 1.29 is 0 Å². The lowest BCUT2D eigenvalue weighted by molar-refractivity contribution is 1.08. The molecule has 0 spiro atoms. The second-order valence-electron chi connectivity index (χ2n) is 9.48. The molecule has 0 saturated carbocycles. The van der Waals surface area contributed by atoms with Gasteiger partial charge >= 0.3 is 0 Å². The van der Waals surface area contributed by atoms with Crippen LogP contribution in [0.4, 0.5) is 0 Å². The Morgan fingerprint density at radius 2 is 0.949 bits per heavy atom. The van der Waals surface area contributed by atoms with Crippen LogP contribution >= 0.6 is 34.0 Å². The normalized spacial score (nSPS) is 12.6. The maximum atomic E-state index is 3.40. The molecule has 3 heterocycles. The number of hydrogen-bond acceptors (Lipinski definition) is 3. The Hall–Kier alpha value is -3.94. The highest BCUT2D eigenvalue weighted by Crippen LogP contribution is 2.44. The molecule has 7 rings (SSSR count). The van der Waals surface area contributed by atoms with E-state index in [2.05, 4.69) is 131 Å². The van der Waals surface area contributed by atoms with Crippen molar-refractivity contribution in [1.29, 1.82) is 0 Å². The molecule has 0 fully saturated rings. The molecule has 39 heavy (non-hydrogen) atoms. The third kappa shape index (κ3) is 4.73. The Morgan fingerprint density at radius 3 is 1.41 bits per heavy atom. The number of rotatable bonds is 6. The summed E-state index contributed by atoms with van der Waals surface area (Å²) in [6.45, 7) is 0. The largest absolute Gasteiger partial charge is 0.143 e. The van der Waals surface area contributed by atoms with Crippen LogP contribution in [0.15, 0.2) is 119 Å². The zero-order valence-electron chi connectivity index (χ0n) is 21.2. The van der Waals surface area contributed by atoms with Gasteiger partial charge in [-0.05, 0) is 86.8 Å². The Labute approximate surface area is 241 Å². The molecule has 1 aliphatic carbocycles. The first-order chi connectivity index (χ1) is 19.3. The van der Waals surface area contributed by atoms with Crippen LogP contribution in [0.1, 0.15) is 17.7 Å². The minimum atomic E-state index is 0.949. The van der Waals surface area contributed by atoms with E-state index in [1.165, 1.54) is 64.7 Å². The molecule has 0 N–H and O–H groups in total. The van der Waals surface area contributed by atoms with Gasteiger partial charge in [0.25, 0.3) is 0 Å². The molecule has 3 aromatic heterocycles. The fourth-order valence-corrected chi connectivity index (χ4v) is 7.95. The van der Waals surface area contributed by atoms with E-state index in [0.717, 1.165) is 12.8 Å². The van der Waals surface area contributed by atoms with E-state index in [0.29, 0.717) is 0 Å². The standard InChI is InChI=1S/C36H24S3/c1-4-10-25(11-5-1)34-31(16-19-37-34)28-22-29(32-17-20-38-35(32)26-12-6-2-7-13-26)24-30(23-28)33-18-21-39-36(33)27-14-8-3-9-15-27/h1-2,4-7,10-14,16-24H,3,8H2. The summed E-state index contributed by atoms with van der Waals surface area (Å²) >= 11 is 5.40. The molecule has 0 amide bonds. The van der Waals surface area contributed by atoms with Crippen LogP contribution in [-0.4, -0.2) is 0 Å². The summed E-state index contributed by atoms with van der Waals surface area (Å²) in [7, 11) is 0. The molecule has 6 aromatic rings. The molecule has 0 bridgehead atoms. The van der Waals surface area contributed by atoms with Gasteiger partial charge in [-0.1, -0.05) is 78.6 Å². The van der Waals surface area contributed by atoms with Crippen molar-refractivity contribution in [3.63, 3.8) is 0 Å². The van der Waals surface area contributed by atoms with Crippen LogP contribution in [0.5, 0.6) is 0 Å². The first-order valence-corrected chi connectivity index (χ1v) is 15.7. The van der Waals surface area contributed by atoms with Crippen LogP contribution in [0.2, 0.25) is 0 Å². The monoisotopic (exact) mass is 552 g/mol. The first kappa shape index (κ1) is 24.1. The van der Waals surface area contributed by atoms with Crippen LogP contribution < -0.4 is 0 Å². The maximum absolute atomic E-state index is 3.40. The lowest BCUT2D eigenvalue weighted by Gasteiger charge is -2.13. The van der Waals surface area contributed by atoms with Crippen molar-refractivity contribution in [3.05, 3.63) is 124 Å². The van der Waals surface area contributed by atoms with E-state index in [4.69, 9.17) is 0 Å². The molecular weight excluding hydrogens is 529 g/mol. The molecule has 0 radical (unpaired) electrons. The fraction of sp³-hybridized carbons (Fsp3) is 0.0556. The minimum Gasteiger partial charge on any atom is -0.143 e. The molecule has 0 unspecified atom stereocenters. The van der Waals surface area contributed by atoms with E-state index in [-0.39, 0.29) is 0 Å². The Bertz CT molecular complexity index is 1750. The van der Waals surface area contributed by atoms with Gasteiger partial charge in [0, 0.05) is 38.4 Å². The topological polar surface area (TPSA) is 0 Å². The zero-order chi connectivity index (χ0) is 26.0. The molecule has 0 atom stereocenters. The summed E-state index contributed by atoms with van der Waals surface area (Å²) in [5, 5.41) is 6.62. The SMILES string of the molecule is C1#CC(c2sccc2-c2cc(-c3ccsc3-c3ccccc3)cc(-c3ccsc3-c3ccccc3)c2)=CCC1. The lowest BCUT2D eigenvalue weighted by Crippen LogP contribution is -1.89. The van der Waals surface area contributed by atoms with Crippen molar-refractivity contribution in [3.8, 4) is 66.1 Å². The molecule has 1 aliphatic rings. The molecule has 0 nitrogen and oxygen atoms in total. The zero-order valence-corrected chi connectivity index (χ0v) is 23.6. The maximum Gasteiger partial charge on any atom is 0.0502 e. The Kier molecular flexibility index (Phi) is 6.60. The molecule has 3 heteroatoms. The van der Waals surface area contributed by atoms with E-state index in [9.17, 15) is 0 Å². The highest BCUT2D eigenvalue weighted by Gasteiger charge is 2.18. The van der Waals surface area contributed by atoms with Gasteiger partial charge in [0.05, 0.1) is 4.88 Å². The summed E-state index contributed by atoms with van der Waals surface area (Å²) in [5.41, 5.74) is 11.2. The number of benzene rings is 3. The van der Waals surface area contributed by atoms with Gasteiger partial charge in [-0.2, -0.15) is 0 Å².